The van der Waals surface area contributed by atoms with Crippen molar-refractivity contribution in [3.8, 4) is 11.5 Å². The molecule has 0 radical (unpaired) electrons. The van der Waals surface area contributed by atoms with Gasteiger partial charge in [0, 0.05) is 11.6 Å². The first-order valence-electron chi connectivity index (χ1n) is 6.28. The Morgan fingerprint density at radius 3 is 2.52 bits per heavy atom. The number of phenols is 1. The van der Waals surface area contributed by atoms with Gasteiger partial charge in [-0.25, -0.2) is 13.6 Å². The Bertz CT molecular complexity index is 708. The largest absolute Gasteiger partial charge is 0.507 e. The number of benzene rings is 2. The van der Waals surface area contributed by atoms with Gasteiger partial charge in [0.2, 0.25) is 0 Å². The van der Waals surface area contributed by atoms with E-state index in [0.717, 1.165) is 12.1 Å². The van der Waals surface area contributed by atoms with Crippen molar-refractivity contribution in [1.82, 2.24) is 5.32 Å². The van der Waals surface area contributed by atoms with E-state index in [1.807, 2.05) is 0 Å². The number of fused-ring (bicyclic) bond motifs is 1. The number of carbonyl (C=O) groups is 1. The Morgan fingerprint density at radius 1 is 1.24 bits per heavy atom. The van der Waals surface area contributed by atoms with Crippen LogP contribution in [0, 0.1) is 11.6 Å². The number of carbonyl (C=O) groups excluding carboxylic acids is 1. The normalized spacial score (nSPS) is 11.5. The molecule has 0 aromatic heterocycles. The van der Waals surface area contributed by atoms with E-state index in [2.05, 4.69) is 5.32 Å². The molecule has 0 saturated heterocycles. The highest BCUT2D eigenvalue weighted by Crippen LogP contribution is 2.33. The second-order valence-corrected chi connectivity index (χ2v) is 5.67. The van der Waals surface area contributed by atoms with Crippen LogP contribution >= 0.6 is 0 Å². The minimum absolute atomic E-state index is 0.0350. The number of aromatic hydroxyl groups is 1. The lowest BCUT2D eigenvalue weighted by molar-refractivity contribution is 0.190. The van der Waals surface area contributed by atoms with Gasteiger partial charge < -0.3 is 15.2 Å². The summed E-state index contributed by atoms with van der Waals surface area (Å²) in [6.45, 7) is 5.35. The molecule has 0 aliphatic rings. The van der Waals surface area contributed by atoms with E-state index in [1.54, 1.807) is 20.8 Å². The minimum atomic E-state index is -1.14. The maximum absolute atomic E-state index is 13.6. The average Bonchev–Trinajstić information content (AvgIpc) is 2.31. The second kappa shape index (κ2) is 5.20. The monoisotopic (exact) mass is 295 g/mol. The highest BCUT2D eigenvalue weighted by Gasteiger charge is 2.17. The zero-order valence-corrected chi connectivity index (χ0v) is 11.8. The molecule has 4 nitrogen and oxygen atoms in total. The number of rotatable bonds is 1. The van der Waals surface area contributed by atoms with Crippen LogP contribution in [0.3, 0.4) is 0 Å². The van der Waals surface area contributed by atoms with Gasteiger partial charge in [-0.15, -0.1) is 0 Å². The van der Waals surface area contributed by atoms with Crippen LogP contribution in [0.2, 0.25) is 0 Å². The molecule has 0 spiro atoms. The topological polar surface area (TPSA) is 58.6 Å². The lowest BCUT2D eigenvalue weighted by atomic mass is 10.1. The van der Waals surface area contributed by atoms with Crippen LogP contribution in [-0.2, 0) is 0 Å². The van der Waals surface area contributed by atoms with Crippen LogP contribution in [0.5, 0.6) is 11.5 Å². The summed E-state index contributed by atoms with van der Waals surface area (Å²) >= 11 is 0. The van der Waals surface area contributed by atoms with E-state index in [1.165, 1.54) is 12.1 Å². The second-order valence-electron chi connectivity index (χ2n) is 5.67. The van der Waals surface area contributed by atoms with Gasteiger partial charge in [0.05, 0.1) is 5.39 Å². The molecule has 0 unspecified atom stereocenters. The Hall–Kier alpha value is -2.37. The molecule has 112 valence electrons. The van der Waals surface area contributed by atoms with Gasteiger partial charge in [-0.2, -0.15) is 0 Å². The summed E-state index contributed by atoms with van der Waals surface area (Å²) in [4.78, 5) is 11.6. The van der Waals surface area contributed by atoms with Crippen molar-refractivity contribution in [3.05, 3.63) is 35.9 Å². The van der Waals surface area contributed by atoms with Gasteiger partial charge in [-0.1, -0.05) is 6.07 Å². The number of nitrogens with one attached hydrogen (secondary N) is 1. The molecule has 1 amide bonds. The summed E-state index contributed by atoms with van der Waals surface area (Å²) in [6, 6.07) is 4.64. The first kappa shape index (κ1) is 15.0. The third-order valence-corrected chi connectivity index (χ3v) is 2.65. The Balaban J connectivity index is 2.35. The summed E-state index contributed by atoms with van der Waals surface area (Å²) in [6.07, 6.45) is -0.705. The fourth-order valence-electron chi connectivity index (χ4n) is 1.85. The van der Waals surface area contributed by atoms with Crippen LogP contribution in [-0.4, -0.2) is 16.7 Å². The molecule has 0 aliphatic carbocycles. The molecule has 2 N–H and O–H groups in total. The first-order chi connectivity index (χ1) is 9.67. The van der Waals surface area contributed by atoms with Crippen LogP contribution in [0.4, 0.5) is 13.6 Å². The van der Waals surface area contributed by atoms with Gasteiger partial charge >= 0.3 is 6.09 Å². The van der Waals surface area contributed by atoms with Gasteiger partial charge in [-0.3, -0.25) is 0 Å². The van der Waals surface area contributed by atoms with Crippen LogP contribution in [0.25, 0.3) is 10.8 Å². The fraction of sp³-hybridized carbons (Fsp3) is 0.267. The molecular formula is C15H15F2NO3. The molecule has 0 atom stereocenters. The lowest BCUT2D eigenvalue weighted by Gasteiger charge is -2.20. The summed E-state index contributed by atoms with van der Waals surface area (Å²) in [5.41, 5.74) is -0.481. The summed E-state index contributed by atoms with van der Waals surface area (Å²) < 4.78 is 31.8. The minimum Gasteiger partial charge on any atom is -0.507 e. The zero-order chi connectivity index (χ0) is 15.8. The quantitative estimate of drug-likeness (QED) is 0.843. The summed E-state index contributed by atoms with van der Waals surface area (Å²) in [5, 5.41) is 12.3. The predicted molar refractivity (Wildman–Crippen MR) is 74.4 cm³/mol. The van der Waals surface area contributed by atoms with Gasteiger partial charge in [0.25, 0.3) is 0 Å². The van der Waals surface area contributed by atoms with Crippen molar-refractivity contribution in [3.63, 3.8) is 0 Å². The van der Waals surface area contributed by atoms with Gasteiger partial charge in [0.1, 0.15) is 11.5 Å². The highest BCUT2D eigenvalue weighted by atomic mass is 19.2. The SMILES string of the molecule is CC(C)(C)NC(=O)Oc1cc(O)c2c(F)c(F)ccc2c1. The van der Waals surface area contributed by atoms with E-state index < -0.39 is 29.0 Å². The molecule has 2 rings (SSSR count). The lowest BCUT2D eigenvalue weighted by Crippen LogP contribution is -2.42. The number of phenolic OH excluding ortho intramolecular Hbond substituents is 1. The number of halogens is 2. The number of hydrogen-bond acceptors (Lipinski definition) is 3. The van der Waals surface area contributed by atoms with E-state index in [-0.39, 0.29) is 16.5 Å². The Kier molecular flexibility index (Phi) is 3.72. The number of hydrogen-bond donors (Lipinski definition) is 2. The van der Waals surface area contributed by atoms with Crippen molar-refractivity contribution in [2.24, 2.45) is 0 Å². The molecule has 0 heterocycles. The van der Waals surface area contributed by atoms with E-state index >= 15 is 0 Å². The van der Waals surface area contributed by atoms with Crippen molar-refractivity contribution < 1.29 is 23.4 Å². The smallest absolute Gasteiger partial charge is 0.413 e. The molecule has 6 heteroatoms. The van der Waals surface area contributed by atoms with E-state index in [4.69, 9.17) is 4.74 Å². The van der Waals surface area contributed by atoms with Crippen LogP contribution < -0.4 is 10.1 Å². The third-order valence-electron chi connectivity index (χ3n) is 2.65. The van der Waals surface area contributed by atoms with Gasteiger partial charge in [-0.05, 0) is 38.3 Å². The molecule has 0 fully saturated rings. The Morgan fingerprint density at radius 2 is 1.90 bits per heavy atom. The number of amides is 1. The molecule has 2 aromatic carbocycles. The van der Waals surface area contributed by atoms with Crippen molar-refractivity contribution in [1.29, 1.82) is 0 Å². The third kappa shape index (κ3) is 3.39. The average molecular weight is 295 g/mol. The van der Waals surface area contributed by atoms with E-state index in [9.17, 15) is 18.7 Å². The molecular weight excluding hydrogens is 280 g/mol. The highest BCUT2D eigenvalue weighted by molar-refractivity contribution is 5.90. The van der Waals surface area contributed by atoms with Gasteiger partial charge in [0.15, 0.2) is 11.6 Å². The molecule has 0 bridgehead atoms. The maximum Gasteiger partial charge on any atom is 0.413 e. The van der Waals surface area contributed by atoms with E-state index in [0.29, 0.717) is 0 Å². The number of ether oxygens (including phenoxy) is 1. The first-order valence-corrected chi connectivity index (χ1v) is 6.28. The summed E-state index contributed by atoms with van der Waals surface area (Å²) in [5.74, 6) is -2.66. The molecule has 0 saturated carbocycles. The fourth-order valence-corrected chi connectivity index (χ4v) is 1.85. The van der Waals surface area contributed by atoms with Crippen molar-refractivity contribution >= 4 is 16.9 Å². The zero-order valence-electron chi connectivity index (χ0n) is 11.8. The molecule has 2 aromatic rings. The van der Waals surface area contributed by atoms with Crippen LogP contribution in [0.15, 0.2) is 24.3 Å². The predicted octanol–water partition coefficient (Wildman–Crippen LogP) is 3.71. The van der Waals surface area contributed by atoms with Crippen LogP contribution in [0.1, 0.15) is 20.8 Å². The standard InChI is InChI=1S/C15H15F2NO3/c1-15(2,3)18-14(20)21-9-6-8-4-5-10(16)13(17)12(8)11(19)7-9/h4-7,19H,1-3H3,(H,18,20). The molecule has 21 heavy (non-hydrogen) atoms. The van der Waals surface area contributed by atoms with Crippen molar-refractivity contribution in [2.45, 2.75) is 26.3 Å². The summed E-state index contributed by atoms with van der Waals surface area (Å²) in [7, 11) is 0. The maximum atomic E-state index is 13.6. The Labute approximate surface area is 120 Å². The van der Waals surface area contributed by atoms with Crippen molar-refractivity contribution in [2.75, 3.05) is 0 Å². The molecule has 0 aliphatic heterocycles.